The van der Waals surface area contributed by atoms with Gasteiger partial charge in [0.05, 0.1) is 0 Å². The fourth-order valence-corrected chi connectivity index (χ4v) is 3.60. The minimum Gasteiger partial charge on any atom is -0.300 e. The van der Waals surface area contributed by atoms with Crippen LogP contribution >= 0.6 is 23.1 Å². The molecule has 0 spiro atoms. The van der Waals surface area contributed by atoms with Crippen molar-refractivity contribution in [3.8, 4) is 0 Å². The number of hydrogen-bond donors (Lipinski definition) is 1. The summed E-state index contributed by atoms with van der Waals surface area (Å²) >= 11 is 2.99. The van der Waals surface area contributed by atoms with Crippen LogP contribution in [0.2, 0.25) is 0 Å². The molecule has 0 saturated heterocycles. The molecule has 19 heavy (non-hydrogen) atoms. The summed E-state index contributed by atoms with van der Waals surface area (Å²) in [5.74, 6) is 1.50. The molecule has 1 N–H and O–H groups in total. The predicted molar refractivity (Wildman–Crippen MR) is 80.5 cm³/mol. The van der Waals surface area contributed by atoms with Gasteiger partial charge in [-0.2, -0.15) is 0 Å². The van der Waals surface area contributed by atoms with Crippen LogP contribution in [-0.4, -0.2) is 21.9 Å². The normalized spacial score (nSPS) is 22.1. The molecule has 0 radical (unpaired) electrons. The van der Waals surface area contributed by atoms with Crippen molar-refractivity contribution >= 4 is 34.1 Å². The number of rotatable bonds is 5. The van der Waals surface area contributed by atoms with Crippen molar-refractivity contribution in [1.82, 2.24) is 10.2 Å². The summed E-state index contributed by atoms with van der Waals surface area (Å²) in [7, 11) is 0. The predicted octanol–water partition coefficient (Wildman–Crippen LogP) is 3.44. The number of amides is 1. The van der Waals surface area contributed by atoms with Gasteiger partial charge in [-0.05, 0) is 17.8 Å². The number of anilines is 1. The lowest BCUT2D eigenvalue weighted by Crippen LogP contribution is -2.19. The zero-order valence-corrected chi connectivity index (χ0v) is 13.1. The van der Waals surface area contributed by atoms with Gasteiger partial charge in [0, 0.05) is 11.7 Å². The molecule has 0 aromatic carbocycles. The van der Waals surface area contributed by atoms with E-state index in [2.05, 4.69) is 42.9 Å². The largest absolute Gasteiger partial charge is 0.300 e. The minimum atomic E-state index is 0.0799. The van der Waals surface area contributed by atoms with Gasteiger partial charge in [0.25, 0.3) is 0 Å². The molecule has 2 rings (SSSR count). The van der Waals surface area contributed by atoms with Crippen molar-refractivity contribution in [3.63, 3.8) is 0 Å². The molecule has 6 heteroatoms. The van der Waals surface area contributed by atoms with Crippen molar-refractivity contribution in [2.24, 2.45) is 17.3 Å². The molecule has 1 aromatic rings. The Labute approximate surface area is 122 Å². The summed E-state index contributed by atoms with van der Waals surface area (Å²) in [6, 6.07) is 0. The Balaban J connectivity index is 1.86. The Morgan fingerprint density at radius 1 is 1.58 bits per heavy atom. The number of thioether (sulfide) groups is 1. The number of nitrogens with zero attached hydrogens (tertiary/aromatic N) is 2. The van der Waals surface area contributed by atoms with Crippen molar-refractivity contribution in [3.05, 3.63) is 12.7 Å². The average Bonchev–Trinajstić information content (AvgIpc) is 3.03. The van der Waals surface area contributed by atoms with Crippen LogP contribution in [0.5, 0.6) is 0 Å². The Morgan fingerprint density at radius 3 is 2.89 bits per heavy atom. The van der Waals surface area contributed by atoms with Crippen molar-refractivity contribution in [2.45, 2.75) is 31.5 Å². The monoisotopic (exact) mass is 297 g/mol. The van der Waals surface area contributed by atoms with Gasteiger partial charge in [-0.25, -0.2) is 0 Å². The molecule has 0 aliphatic heterocycles. The first-order valence-electron chi connectivity index (χ1n) is 6.30. The van der Waals surface area contributed by atoms with Gasteiger partial charge in [0.2, 0.25) is 11.0 Å². The molecule has 1 aliphatic rings. The number of carbonyl (C=O) groups excluding carboxylic acids is 1. The molecule has 2 atom stereocenters. The number of carbonyl (C=O) groups is 1. The number of nitrogens with one attached hydrogen (secondary N) is 1. The van der Waals surface area contributed by atoms with E-state index in [1.807, 2.05) is 6.08 Å². The van der Waals surface area contributed by atoms with Gasteiger partial charge in [-0.3, -0.25) is 4.79 Å². The van der Waals surface area contributed by atoms with E-state index in [4.69, 9.17) is 0 Å². The first-order valence-corrected chi connectivity index (χ1v) is 8.10. The second-order valence-electron chi connectivity index (χ2n) is 5.78. The first kappa shape index (κ1) is 14.5. The van der Waals surface area contributed by atoms with E-state index in [0.29, 0.717) is 11.0 Å². The molecule has 1 aliphatic carbocycles. The summed E-state index contributed by atoms with van der Waals surface area (Å²) in [6.07, 6.45) is 2.80. The Morgan fingerprint density at radius 2 is 2.32 bits per heavy atom. The van der Waals surface area contributed by atoms with Crippen LogP contribution < -0.4 is 5.32 Å². The van der Waals surface area contributed by atoms with Gasteiger partial charge in [0.1, 0.15) is 0 Å². The Kier molecular flexibility index (Phi) is 4.30. The fourth-order valence-electron chi connectivity index (χ4n) is 2.09. The fraction of sp³-hybridized carbons (Fsp3) is 0.615. The zero-order chi connectivity index (χ0) is 14.0. The van der Waals surface area contributed by atoms with Crippen LogP contribution in [-0.2, 0) is 4.79 Å². The lowest BCUT2D eigenvalue weighted by atomic mass is 9.89. The molecule has 0 unspecified atom stereocenters. The zero-order valence-electron chi connectivity index (χ0n) is 11.5. The maximum atomic E-state index is 12.1. The maximum absolute atomic E-state index is 12.1. The highest BCUT2D eigenvalue weighted by atomic mass is 32.2. The van der Waals surface area contributed by atoms with Gasteiger partial charge in [-0.15, -0.1) is 16.8 Å². The van der Waals surface area contributed by atoms with Crippen LogP contribution in [0.25, 0.3) is 0 Å². The summed E-state index contributed by atoms with van der Waals surface area (Å²) in [5, 5.41) is 11.5. The molecule has 0 bridgehead atoms. The van der Waals surface area contributed by atoms with Gasteiger partial charge < -0.3 is 5.32 Å². The Bertz CT molecular complexity index is 478. The molecule has 1 aromatic heterocycles. The highest BCUT2D eigenvalue weighted by molar-refractivity contribution is 8.01. The van der Waals surface area contributed by atoms with Crippen molar-refractivity contribution in [1.29, 1.82) is 0 Å². The third-order valence-electron chi connectivity index (χ3n) is 3.20. The van der Waals surface area contributed by atoms with Gasteiger partial charge in [-0.1, -0.05) is 49.9 Å². The van der Waals surface area contributed by atoms with Crippen molar-refractivity contribution in [2.75, 3.05) is 11.1 Å². The summed E-state index contributed by atoms with van der Waals surface area (Å²) in [5.41, 5.74) is 0.202. The summed E-state index contributed by atoms with van der Waals surface area (Å²) < 4.78 is 0.860. The standard InChI is InChI=1S/C13H19N3OS2/c1-5-6-18-12-16-15-11(19-12)14-10(17)8-7-9(8)13(2,3)4/h5,8-9H,1,6-7H2,2-4H3,(H,14,15,17)/t8-,9-/m1/s1. The van der Waals surface area contributed by atoms with E-state index in [1.54, 1.807) is 11.8 Å². The number of hydrogen-bond acceptors (Lipinski definition) is 5. The minimum absolute atomic E-state index is 0.0799. The number of aromatic nitrogens is 2. The van der Waals surface area contributed by atoms with Gasteiger partial charge in [0.15, 0.2) is 4.34 Å². The SMILES string of the molecule is C=CCSc1nnc(NC(=O)[C@@H]2C[C@H]2C(C)(C)C)s1. The van der Waals surface area contributed by atoms with Gasteiger partial charge >= 0.3 is 0 Å². The maximum Gasteiger partial charge on any atom is 0.229 e. The van der Waals surface area contributed by atoms with Crippen LogP contribution in [0.1, 0.15) is 27.2 Å². The third-order valence-corrected chi connectivity index (χ3v) is 5.17. The molecular formula is C13H19N3OS2. The lowest BCUT2D eigenvalue weighted by molar-refractivity contribution is -0.117. The van der Waals surface area contributed by atoms with E-state index in [9.17, 15) is 4.79 Å². The van der Waals surface area contributed by atoms with E-state index in [0.717, 1.165) is 16.5 Å². The highest BCUT2D eigenvalue weighted by Gasteiger charge is 2.49. The molecule has 4 nitrogen and oxygen atoms in total. The van der Waals surface area contributed by atoms with Crippen LogP contribution in [0.3, 0.4) is 0 Å². The van der Waals surface area contributed by atoms with E-state index in [1.165, 1.54) is 11.3 Å². The summed E-state index contributed by atoms with van der Waals surface area (Å²) in [4.78, 5) is 12.1. The molecular weight excluding hydrogens is 278 g/mol. The molecule has 1 amide bonds. The first-order chi connectivity index (χ1) is 8.91. The molecule has 1 fully saturated rings. The topological polar surface area (TPSA) is 54.9 Å². The molecule has 1 saturated carbocycles. The summed E-state index contributed by atoms with van der Waals surface area (Å²) in [6.45, 7) is 10.2. The Hall–Kier alpha value is -0.880. The third kappa shape index (κ3) is 3.79. The highest BCUT2D eigenvalue weighted by Crippen LogP contribution is 2.51. The smallest absolute Gasteiger partial charge is 0.229 e. The molecule has 104 valence electrons. The van der Waals surface area contributed by atoms with E-state index < -0.39 is 0 Å². The van der Waals surface area contributed by atoms with Crippen molar-refractivity contribution < 1.29 is 4.79 Å². The lowest BCUT2D eigenvalue weighted by Gasteiger charge is -2.17. The van der Waals surface area contributed by atoms with E-state index >= 15 is 0 Å². The second-order valence-corrected chi connectivity index (χ2v) is 8.02. The van der Waals surface area contributed by atoms with Crippen LogP contribution in [0.4, 0.5) is 5.13 Å². The van der Waals surface area contributed by atoms with E-state index in [-0.39, 0.29) is 17.2 Å². The van der Waals surface area contributed by atoms with Crippen LogP contribution in [0.15, 0.2) is 17.0 Å². The quantitative estimate of drug-likeness (QED) is 0.514. The molecule has 1 heterocycles. The van der Waals surface area contributed by atoms with Crippen LogP contribution in [0, 0.1) is 17.3 Å². The second kappa shape index (κ2) is 5.63. The average molecular weight is 297 g/mol.